The molecular formula is C15H13ClN4O3. The lowest BCUT2D eigenvalue weighted by atomic mass is 10.2. The van der Waals surface area contributed by atoms with Crippen LogP contribution >= 0.6 is 11.6 Å². The molecule has 0 aliphatic rings. The standard InChI is InChI=1S/C15H13ClN4O3/c1-10-4-2-3-5-13(10)18-15(21)19-17-9-11-6-7-12(16)14(8-11)20(22)23/h2-9H,1H3,(H2,18,19,21)/b17-9-. The van der Waals surface area contributed by atoms with Crippen LogP contribution in [0.5, 0.6) is 0 Å². The van der Waals surface area contributed by atoms with Gasteiger partial charge in [0.25, 0.3) is 5.69 Å². The minimum Gasteiger partial charge on any atom is -0.306 e. The van der Waals surface area contributed by atoms with Crippen LogP contribution in [-0.2, 0) is 0 Å². The topological polar surface area (TPSA) is 96.6 Å². The van der Waals surface area contributed by atoms with Crippen molar-refractivity contribution in [3.8, 4) is 0 Å². The minimum absolute atomic E-state index is 0.0393. The van der Waals surface area contributed by atoms with Gasteiger partial charge in [-0.3, -0.25) is 10.1 Å². The lowest BCUT2D eigenvalue weighted by Gasteiger charge is -2.06. The molecule has 0 unspecified atom stereocenters. The average Bonchev–Trinajstić information content (AvgIpc) is 2.51. The first-order valence-corrected chi connectivity index (χ1v) is 6.95. The first-order valence-electron chi connectivity index (χ1n) is 6.57. The maximum absolute atomic E-state index is 11.7. The number of nitrogens with zero attached hydrogens (tertiary/aromatic N) is 2. The SMILES string of the molecule is Cc1ccccc1NC(=O)N/N=C\c1ccc(Cl)c([N+](=O)[O-])c1. The number of amides is 2. The van der Waals surface area contributed by atoms with Gasteiger partial charge in [0.05, 0.1) is 11.1 Å². The van der Waals surface area contributed by atoms with Crippen molar-refractivity contribution in [2.24, 2.45) is 5.10 Å². The van der Waals surface area contributed by atoms with E-state index < -0.39 is 11.0 Å². The molecule has 0 spiro atoms. The second-order valence-electron chi connectivity index (χ2n) is 4.61. The summed E-state index contributed by atoms with van der Waals surface area (Å²) in [6, 6.07) is 11.0. The normalized spacial score (nSPS) is 10.5. The Morgan fingerprint density at radius 2 is 2.04 bits per heavy atom. The number of carbonyl (C=O) groups excluding carboxylic acids is 1. The molecule has 0 saturated heterocycles. The van der Waals surface area contributed by atoms with E-state index in [0.717, 1.165) is 5.56 Å². The van der Waals surface area contributed by atoms with Crippen LogP contribution in [0.25, 0.3) is 0 Å². The van der Waals surface area contributed by atoms with Gasteiger partial charge >= 0.3 is 6.03 Å². The van der Waals surface area contributed by atoms with E-state index in [1.807, 2.05) is 19.1 Å². The number of rotatable bonds is 4. The van der Waals surface area contributed by atoms with Gasteiger partial charge in [0.1, 0.15) is 5.02 Å². The summed E-state index contributed by atoms with van der Waals surface area (Å²) < 4.78 is 0. The summed E-state index contributed by atoms with van der Waals surface area (Å²) in [6.45, 7) is 1.87. The maximum atomic E-state index is 11.7. The number of carbonyl (C=O) groups is 1. The van der Waals surface area contributed by atoms with Gasteiger partial charge in [-0.25, -0.2) is 10.2 Å². The van der Waals surface area contributed by atoms with E-state index in [2.05, 4.69) is 15.8 Å². The average molecular weight is 333 g/mol. The first kappa shape index (κ1) is 16.4. The second-order valence-corrected chi connectivity index (χ2v) is 5.01. The number of benzene rings is 2. The molecule has 23 heavy (non-hydrogen) atoms. The number of nitro benzene ring substituents is 1. The fourth-order valence-corrected chi connectivity index (χ4v) is 1.97. The van der Waals surface area contributed by atoms with Crippen molar-refractivity contribution in [1.29, 1.82) is 0 Å². The van der Waals surface area contributed by atoms with Crippen LogP contribution < -0.4 is 10.7 Å². The van der Waals surface area contributed by atoms with Gasteiger partial charge in [-0.15, -0.1) is 0 Å². The number of para-hydroxylation sites is 1. The molecule has 2 rings (SSSR count). The van der Waals surface area contributed by atoms with Crippen LogP contribution in [0.1, 0.15) is 11.1 Å². The van der Waals surface area contributed by atoms with Crippen molar-refractivity contribution in [2.75, 3.05) is 5.32 Å². The number of urea groups is 1. The first-order chi connectivity index (χ1) is 11.0. The molecule has 0 bridgehead atoms. The molecule has 2 aromatic rings. The van der Waals surface area contributed by atoms with Gasteiger partial charge in [0.2, 0.25) is 0 Å². The molecule has 2 amide bonds. The summed E-state index contributed by atoms with van der Waals surface area (Å²) in [4.78, 5) is 21.9. The van der Waals surface area contributed by atoms with Crippen LogP contribution in [-0.4, -0.2) is 17.2 Å². The zero-order valence-corrected chi connectivity index (χ0v) is 12.9. The Morgan fingerprint density at radius 3 is 2.74 bits per heavy atom. The number of hydrazone groups is 1. The number of nitrogens with one attached hydrogen (secondary N) is 2. The number of hydrogen-bond acceptors (Lipinski definition) is 4. The quantitative estimate of drug-likeness (QED) is 0.507. The van der Waals surface area contributed by atoms with Crippen molar-refractivity contribution < 1.29 is 9.72 Å². The Kier molecular flexibility index (Phi) is 5.27. The van der Waals surface area contributed by atoms with Crippen LogP contribution in [0, 0.1) is 17.0 Å². The van der Waals surface area contributed by atoms with Crippen molar-refractivity contribution in [1.82, 2.24) is 5.43 Å². The Labute approximate surface area is 137 Å². The van der Waals surface area contributed by atoms with E-state index in [9.17, 15) is 14.9 Å². The predicted octanol–water partition coefficient (Wildman–Crippen LogP) is 3.71. The summed E-state index contributed by atoms with van der Waals surface area (Å²) in [7, 11) is 0. The molecule has 0 atom stereocenters. The Balaban J connectivity index is 1.99. The van der Waals surface area contributed by atoms with Crippen molar-refractivity contribution in [3.05, 3.63) is 68.7 Å². The maximum Gasteiger partial charge on any atom is 0.339 e. The number of nitro groups is 1. The van der Waals surface area contributed by atoms with Gasteiger partial charge in [-0.05, 0) is 24.6 Å². The smallest absolute Gasteiger partial charge is 0.306 e. The highest BCUT2D eigenvalue weighted by molar-refractivity contribution is 6.32. The number of halogens is 1. The fraction of sp³-hybridized carbons (Fsp3) is 0.0667. The van der Waals surface area contributed by atoms with Crippen LogP contribution in [0.15, 0.2) is 47.6 Å². The van der Waals surface area contributed by atoms with E-state index in [0.29, 0.717) is 11.3 Å². The number of hydrogen-bond donors (Lipinski definition) is 2. The predicted molar refractivity (Wildman–Crippen MR) is 89.0 cm³/mol. The lowest BCUT2D eigenvalue weighted by Crippen LogP contribution is -2.24. The molecule has 0 aliphatic heterocycles. The van der Waals surface area contributed by atoms with Gasteiger partial charge in [0, 0.05) is 17.3 Å². The molecule has 2 N–H and O–H groups in total. The third-order valence-corrected chi connectivity index (χ3v) is 3.26. The summed E-state index contributed by atoms with van der Waals surface area (Å²) >= 11 is 5.71. The van der Waals surface area contributed by atoms with Gasteiger partial charge in [-0.1, -0.05) is 35.9 Å². The summed E-state index contributed by atoms with van der Waals surface area (Å²) in [5.74, 6) is 0. The number of anilines is 1. The summed E-state index contributed by atoms with van der Waals surface area (Å²) in [5.41, 5.74) is 4.09. The fourth-order valence-electron chi connectivity index (χ4n) is 1.78. The molecular weight excluding hydrogens is 320 g/mol. The van der Waals surface area contributed by atoms with E-state index in [4.69, 9.17) is 11.6 Å². The molecule has 0 aromatic heterocycles. The molecule has 0 radical (unpaired) electrons. The van der Waals surface area contributed by atoms with Crippen molar-refractivity contribution >= 4 is 35.2 Å². The van der Waals surface area contributed by atoms with Gasteiger partial charge < -0.3 is 5.32 Å². The lowest BCUT2D eigenvalue weighted by molar-refractivity contribution is -0.384. The zero-order valence-electron chi connectivity index (χ0n) is 12.1. The second kappa shape index (κ2) is 7.37. The van der Waals surface area contributed by atoms with Crippen LogP contribution in [0.4, 0.5) is 16.2 Å². The highest BCUT2D eigenvalue weighted by Gasteiger charge is 2.11. The highest BCUT2D eigenvalue weighted by Crippen LogP contribution is 2.24. The third-order valence-electron chi connectivity index (χ3n) is 2.94. The van der Waals surface area contributed by atoms with E-state index in [1.54, 1.807) is 18.2 Å². The van der Waals surface area contributed by atoms with E-state index in [1.165, 1.54) is 18.3 Å². The van der Waals surface area contributed by atoms with Crippen molar-refractivity contribution in [2.45, 2.75) is 6.92 Å². The van der Waals surface area contributed by atoms with Crippen molar-refractivity contribution in [3.63, 3.8) is 0 Å². The monoisotopic (exact) mass is 332 g/mol. The molecule has 0 fully saturated rings. The van der Waals surface area contributed by atoms with E-state index >= 15 is 0 Å². The number of aryl methyl sites for hydroxylation is 1. The molecule has 2 aromatic carbocycles. The zero-order chi connectivity index (χ0) is 16.8. The van der Waals surface area contributed by atoms with E-state index in [-0.39, 0.29) is 10.7 Å². The van der Waals surface area contributed by atoms with Gasteiger partial charge in [0.15, 0.2) is 0 Å². The van der Waals surface area contributed by atoms with Crippen LogP contribution in [0.3, 0.4) is 0 Å². The molecule has 118 valence electrons. The van der Waals surface area contributed by atoms with Crippen LogP contribution in [0.2, 0.25) is 5.02 Å². The minimum atomic E-state index is -0.585. The molecule has 7 nitrogen and oxygen atoms in total. The van der Waals surface area contributed by atoms with Gasteiger partial charge in [-0.2, -0.15) is 5.10 Å². The highest BCUT2D eigenvalue weighted by atomic mass is 35.5. The molecule has 8 heteroatoms. The Morgan fingerprint density at radius 1 is 1.30 bits per heavy atom. The third kappa shape index (κ3) is 4.52. The largest absolute Gasteiger partial charge is 0.339 e. The molecule has 0 aliphatic carbocycles. The summed E-state index contributed by atoms with van der Waals surface area (Å²) in [5, 5.41) is 17.2. The Bertz CT molecular complexity index is 777. The Hall–Kier alpha value is -2.93. The summed E-state index contributed by atoms with van der Waals surface area (Å²) in [6.07, 6.45) is 1.29. The molecule has 0 heterocycles. The molecule has 0 saturated carbocycles.